The lowest BCUT2D eigenvalue weighted by atomic mass is 10.1. The van der Waals surface area contributed by atoms with Gasteiger partial charge in [0.05, 0.1) is 29.9 Å². The lowest BCUT2D eigenvalue weighted by molar-refractivity contribution is -0.0541. The highest BCUT2D eigenvalue weighted by molar-refractivity contribution is 7.70. The Hall–Kier alpha value is -1.96. The summed E-state index contributed by atoms with van der Waals surface area (Å²) in [7, 11) is -9.57. The molecule has 0 amide bonds. The molecule has 1 saturated heterocycles. The highest BCUT2D eigenvalue weighted by Crippen LogP contribution is 2.55. The molecule has 0 bridgehead atoms. The molecular formula is C21H26ClFN4O9P2. The van der Waals surface area contributed by atoms with Gasteiger partial charge in [0.2, 0.25) is 0 Å². The Balaban J connectivity index is 1.56. The molecule has 1 fully saturated rings. The molecule has 1 unspecified atom stereocenters. The first-order chi connectivity index (χ1) is 17.6. The lowest BCUT2D eigenvalue weighted by Gasteiger charge is -2.19. The Morgan fingerprint density at radius 2 is 1.95 bits per heavy atom. The van der Waals surface area contributed by atoms with Crippen LogP contribution in [0.3, 0.4) is 0 Å². The average molecular weight is 595 g/mol. The maximum absolute atomic E-state index is 14.5. The van der Waals surface area contributed by atoms with Gasteiger partial charge in [-0.1, -0.05) is 23.7 Å². The zero-order valence-corrected chi connectivity index (χ0v) is 22.6. The molecule has 3 heterocycles. The number of ether oxygens (including phenoxy) is 1. The molecule has 17 heteroatoms. The van der Waals surface area contributed by atoms with Crippen LogP contribution in [0.4, 0.5) is 10.1 Å². The number of hydrogen-bond acceptors (Lipinski definition) is 9. The van der Waals surface area contributed by atoms with Gasteiger partial charge in [-0.25, -0.2) is 14.1 Å². The number of aliphatic hydroxyl groups excluding tert-OH is 2. The first kappa shape index (κ1) is 29.0. The Kier molecular flexibility index (Phi) is 8.33. The Morgan fingerprint density at radius 3 is 2.61 bits per heavy atom. The van der Waals surface area contributed by atoms with Crippen molar-refractivity contribution in [3.63, 3.8) is 0 Å². The van der Waals surface area contributed by atoms with E-state index in [0.717, 1.165) is 10.2 Å². The Labute approximate surface area is 220 Å². The molecule has 6 atom stereocenters. The van der Waals surface area contributed by atoms with E-state index in [4.69, 9.17) is 30.6 Å². The van der Waals surface area contributed by atoms with Crippen LogP contribution in [-0.2, 0) is 18.4 Å². The summed E-state index contributed by atoms with van der Waals surface area (Å²) in [6.07, 6.45) is -4.43. The molecule has 1 aliphatic rings. The van der Waals surface area contributed by atoms with Crippen molar-refractivity contribution in [1.29, 1.82) is 0 Å². The number of rotatable bonds is 9. The lowest BCUT2D eigenvalue weighted by Crippen LogP contribution is -2.33. The number of aromatic nitrogens is 3. The fourth-order valence-electron chi connectivity index (χ4n) is 4.12. The zero-order chi connectivity index (χ0) is 28.0. The largest absolute Gasteiger partial charge is 0.387 e. The Morgan fingerprint density at radius 1 is 1.24 bits per heavy atom. The molecule has 1 aliphatic heterocycles. The van der Waals surface area contributed by atoms with Crippen molar-refractivity contribution in [3.05, 3.63) is 52.6 Å². The van der Waals surface area contributed by atoms with Gasteiger partial charge < -0.3 is 39.5 Å². The molecule has 0 radical (unpaired) electrons. The van der Waals surface area contributed by atoms with Gasteiger partial charge in [0.25, 0.3) is 0 Å². The SMILES string of the molecule is Cc1ccc([C@H](C)Nc2cc(Cl)nc3c2cnn3[C@@H]2O[C@H](COP(=O)(O)CP(=O)(O)O)[C@@H](O)[C@H]2O)c(F)c1. The minimum atomic E-state index is -4.85. The number of halogens is 2. The number of nitrogens with one attached hydrogen (secondary N) is 1. The van der Waals surface area contributed by atoms with Crippen LogP contribution >= 0.6 is 26.8 Å². The van der Waals surface area contributed by atoms with E-state index in [1.807, 2.05) is 0 Å². The van der Waals surface area contributed by atoms with Crippen molar-refractivity contribution in [3.8, 4) is 0 Å². The summed E-state index contributed by atoms with van der Waals surface area (Å²) in [5.41, 5.74) is 1.82. The van der Waals surface area contributed by atoms with E-state index in [1.54, 1.807) is 26.0 Å². The third-order valence-corrected chi connectivity index (χ3v) is 9.56. The number of pyridine rings is 1. The maximum atomic E-state index is 14.5. The highest BCUT2D eigenvalue weighted by atomic mass is 35.5. The second kappa shape index (κ2) is 10.9. The minimum Gasteiger partial charge on any atom is -0.387 e. The monoisotopic (exact) mass is 594 g/mol. The summed E-state index contributed by atoms with van der Waals surface area (Å²) in [5, 5.41) is 28.9. The summed E-state index contributed by atoms with van der Waals surface area (Å²) < 4.78 is 49.0. The number of benzene rings is 1. The molecule has 6 N–H and O–H groups in total. The van der Waals surface area contributed by atoms with Crippen LogP contribution in [-0.4, -0.2) is 70.5 Å². The van der Waals surface area contributed by atoms with Gasteiger partial charge in [-0.3, -0.25) is 9.13 Å². The van der Waals surface area contributed by atoms with Crippen LogP contribution in [0.1, 0.15) is 30.3 Å². The van der Waals surface area contributed by atoms with Crippen LogP contribution in [0.2, 0.25) is 5.15 Å². The van der Waals surface area contributed by atoms with Crippen LogP contribution in [0.5, 0.6) is 0 Å². The predicted octanol–water partition coefficient (Wildman–Crippen LogP) is 2.66. The quantitative estimate of drug-likeness (QED) is 0.157. The van der Waals surface area contributed by atoms with Crippen molar-refractivity contribution < 1.29 is 47.7 Å². The molecule has 13 nitrogen and oxygen atoms in total. The standard InChI is InChI=1S/C21H26ClFN4O9P2/c1-10-3-4-12(14(23)5-10)11(2)25-15-6-17(22)26-20-13(15)7-24-27(20)21-19(29)18(28)16(36-21)8-35-38(33,34)9-37(30,31)32/h3-7,11,16,18-19,21,28-29H,8-9H2,1-2H3,(H,25,26)(H,33,34)(H2,30,31,32)/t11-,16+,18+,19+,21+/m0/s1. The van der Waals surface area contributed by atoms with Gasteiger partial charge in [0.15, 0.2) is 17.8 Å². The van der Waals surface area contributed by atoms with Crippen molar-refractivity contribution in [2.45, 2.75) is 44.4 Å². The first-order valence-electron chi connectivity index (χ1n) is 11.2. The number of hydrogen-bond donors (Lipinski definition) is 6. The molecule has 38 heavy (non-hydrogen) atoms. The normalized spacial score (nSPS) is 24.4. The van der Waals surface area contributed by atoms with Crippen molar-refractivity contribution in [2.75, 3.05) is 17.8 Å². The fraction of sp³-hybridized carbons (Fsp3) is 0.429. The number of nitrogens with zero attached hydrogens (tertiary/aromatic N) is 3. The number of aliphatic hydroxyl groups is 2. The van der Waals surface area contributed by atoms with Crippen molar-refractivity contribution in [2.24, 2.45) is 0 Å². The average Bonchev–Trinajstić information content (AvgIpc) is 3.31. The molecule has 1 aromatic carbocycles. The summed E-state index contributed by atoms with van der Waals surface area (Å²) in [5.74, 6) is -1.79. The molecule has 0 spiro atoms. The third kappa shape index (κ3) is 6.43. The summed E-state index contributed by atoms with van der Waals surface area (Å²) in [6, 6.07) is 5.93. The highest BCUT2D eigenvalue weighted by Gasteiger charge is 2.46. The zero-order valence-electron chi connectivity index (χ0n) is 20.0. The smallest absolute Gasteiger partial charge is 0.340 e. The van der Waals surface area contributed by atoms with E-state index < -0.39 is 58.3 Å². The second-order valence-electron chi connectivity index (χ2n) is 9.00. The number of anilines is 1. The van der Waals surface area contributed by atoms with Crippen LogP contribution < -0.4 is 5.32 Å². The van der Waals surface area contributed by atoms with E-state index in [2.05, 4.69) is 15.4 Å². The van der Waals surface area contributed by atoms with E-state index in [0.29, 0.717) is 16.6 Å². The van der Waals surface area contributed by atoms with E-state index in [1.165, 1.54) is 18.3 Å². The molecule has 0 saturated carbocycles. The van der Waals surface area contributed by atoms with E-state index in [-0.39, 0.29) is 16.6 Å². The van der Waals surface area contributed by atoms with Crippen LogP contribution in [0, 0.1) is 12.7 Å². The van der Waals surface area contributed by atoms with E-state index >= 15 is 0 Å². The van der Waals surface area contributed by atoms with Crippen LogP contribution in [0.15, 0.2) is 30.5 Å². The van der Waals surface area contributed by atoms with Gasteiger partial charge in [-0.2, -0.15) is 5.10 Å². The molecule has 208 valence electrons. The molecular weight excluding hydrogens is 569 g/mol. The van der Waals surface area contributed by atoms with Gasteiger partial charge in [0.1, 0.15) is 29.3 Å². The third-order valence-electron chi connectivity index (χ3n) is 5.91. The second-order valence-corrected chi connectivity index (χ2v) is 13.4. The van der Waals surface area contributed by atoms with Gasteiger partial charge in [-0.15, -0.1) is 0 Å². The number of aryl methyl sites for hydroxylation is 1. The van der Waals surface area contributed by atoms with Crippen molar-refractivity contribution in [1.82, 2.24) is 14.8 Å². The van der Waals surface area contributed by atoms with Gasteiger partial charge >= 0.3 is 15.2 Å². The molecule has 2 aromatic heterocycles. The maximum Gasteiger partial charge on any atom is 0.340 e. The topological polar surface area (TPSA) is 196 Å². The Bertz CT molecular complexity index is 1440. The van der Waals surface area contributed by atoms with Crippen LogP contribution in [0.25, 0.3) is 11.0 Å². The van der Waals surface area contributed by atoms with Gasteiger partial charge in [-0.05, 0) is 31.5 Å². The van der Waals surface area contributed by atoms with E-state index in [9.17, 15) is 28.6 Å². The summed E-state index contributed by atoms with van der Waals surface area (Å²) >= 11 is 6.23. The fourth-order valence-corrected chi connectivity index (χ4v) is 6.88. The molecule has 0 aliphatic carbocycles. The van der Waals surface area contributed by atoms with Crippen molar-refractivity contribution >= 4 is 43.5 Å². The summed E-state index contributed by atoms with van der Waals surface area (Å²) in [6.45, 7) is 2.79. The number of fused-ring (bicyclic) bond motifs is 1. The predicted molar refractivity (Wildman–Crippen MR) is 134 cm³/mol. The van der Waals surface area contributed by atoms with Gasteiger partial charge in [0, 0.05) is 5.56 Å². The molecule has 4 rings (SSSR count). The molecule has 3 aromatic rings. The first-order valence-corrected chi connectivity index (χ1v) is 15.2. The summed E-state index contributed by atoms with van der Waals surface area (Å²) in [4.78, 5) is 31.7. The minimum absolute atomic E-state index is 0.0462.